The molecule has 4 heterocycles. The number of phenols is 1. The number of nitrogens with zero attached hydrogens (tertiary/aromatic N) is 4. The van der Waals surface area contributed by atoms with E-state index in [0.717, 1.165) is 6.42 Å². The van der Waals surface area contributed by atoms with Gasteiger partial charge in [-0.1, -0.05) is 24.2 Å². The van der Waals surface area contributed by atoms with Gasteiger partial charge in [0.05, 0.1) is 11.6 Å². The van der Waals surface area contributed by atoms with Gasteiger partial charge in [0.2, 0.25) is 5.91 Å². The third kappa shape index (κ3) is 3.78. The first-order chi connectivity index (χ1) is 16.4. The summed E-state index contributed by atoms with van der Waals surface area (Å²) in [5, 5.41) is 10.4. The molecule has 2 saturated heterocycles. The van der Waals surface area contributed by atoms with Crippen molar-refractivity contribution in [3.8, 4) is 22.8 Å². The van der Waals surface area contributed by atoms with Crippen molar-refractivity contribution in [2.24, 2.45) is 0 Å². The summed E-state index contributed by atoms with van der Waals surface area (Å²) in [4.78, 5) is 35.5. The van der Waals surface area contributed by atoms with Gasteiger partial charge in [-0.25, -0.2) is 9.37 Å². The zero-order valence-electron chi connectivity index (χ0n) is 18.5. The van der Waals surface area contributed by atoms with Crippen molar-refractivity contribution < 1.29 is 23.8 Å². The van der Waals surface area contributed by atoms with Crippen LogP contribution in [0, 0.1) is 5.82 Å². The number of benzene rings is 1. The quantitative estimate of drug-likeness (QED) is 0.671. The second kappa shape index (κ2) is 8.88. The molecule has 2 aromatic rings. The van der Waals surface area contributed by atoms with Crippen molar-refractivity contribution in [3.63, 3.8) is 0 Å². The number of aromatic hydroxyl groups is 1. The van der Waals surface area contributed by atoms with Crippen molar-refractivity contribution in [1.29, 1.82) is 0 Å². The van der Waals surface area contributed by atoms with E-state index < -0.39 is 5.82 Å². The van der Waals surface area contributed by atoms with Crippen LogP contribution in [0.1, 0.15) is 22.5 Å². The second-order valence-corrected chi connectivity index (χ2v) is 9.01. The monoisotopic (exact) mass is 486 g/mol. The lowest BCUT2D eigenvalue weighted by atomic mass is 10.0. The molecule has 0 unspecified atom stereocenters. The molecule has 1 N–H and O–H groups in total. The van der Waals surface area contributed by atoms with E-state index in [4.69, 9.17) is 16.3 Å². The summed E-state index contributed by atoms with van der Waals surface area (Å²) in [6.45, 7) is 6.91. The van der Waals surface area contributed by atoms with Gasteiger partial charge >= 0.3 is 0 Å². The minimum absolute atomic E-state index is 0.0365. The number of pyridine rings is 1. The first-order valence-corrected chi connectivity index (χ1v) is 11.5. The van der Waals surface area contributed by atoms with E-state index in [2.05, 4.69) is 16.5 Å². The molecule has 0 aliphatic carbocycles. The van der Waals surface area contributed by atoms with E-state index in [-0.39, 0.29) is 57.9 Å². The fourth-order valence-corrected chi connectivity index (χ4v) is 4.91. The smallest absolute Gasteiger partial charge is 0.272 e. The Morgan fingerprint density at radius 3 is 2.71 bits per heavy atom. The molecule has 2 fully saturated rings. The van der Waals surface area contributed by atoms with Crippen LogP contribution in [0.5, 0.6) is 11.5 Å². The van der Waals surface area contributed by atoms with Crippen molar-refractivity contribution in [3.05, 3.63) is 53.0 Å². The van der Waals surface area contributed by atoms with Crippen LogP contribution in [0.4, 0.5) is 4.39 Å². The molecule has 178 valence electrons. The lowest BCUT2D eigenvalue weighted by Crippen LogP contribution is -2.55. The maximum atomic E-state index is 14.7. The Hall–Kier alpha value is -3.17. The van der Waals surface area contributed by atoms with Crippen LogP contribution in [0.25, 0.3) is 11.3 Å². The van der Waals surface area contributed by atoms with Gasteiger partial charge in [-0.3, -0.25) is 14.5 Å². The fourth-order valence-electron chi connectivity index (χ4n) is 4.60. The van der Waals surface area contributed by atoms with Gasteiger partial charge in [0.1, 0.15) is 40.3 Å². The lowest BCUT2D eigenvalue weighted by molar-refractivity contribution is -0.129. The van der Waals surface area contributed by atoms with Crippen LogP contribution >= 0.6 is 11.6 Å². The van der Waals surface area contributed by atoms with Gasteiger partial charge in [-0.15, -0.1) is 0 Å². The summed E-state index contributed by atoms with van der Waals surface area (Å²) >= 11 is 6.69. The SMILES string of the molecule is C=CC(=O)N1CCN2Cc3c(C(=O)N4CCC4)nc(-c4c(O)cccc4F)c(Cl)c3OC[C@H]2C1. The maximum absolute atomic E-state index is 14.7. The van der Waals surface area contributed by atoms with E-state index in [9.17, 15) is 19.1 Å². The molecule has 1 aromatic carbocycles. The number of amides is 2. The second-order valence-electron chi connectivity index (χ2n) is 8.63. The number of fused-ring (bicyclic) bond motifs is 2. The molecule has 2 amide bonds. The van der Waals surface area contributed by atoms with E-state index in [1.807, 2.05) is 0 Å². The number of hydrogen-bond acceptors (Lipinski definition) is 6. The van der Waals surface area contributed by atoms with Crippen LogP contribution in [0.3, 0.4) is 0 Å². The number of rotatable bonds is 3. The van der Waals surface area contributed by atoms with Crippen molar-refractivity contribution in [1.82, 2.24) is 19.7 Å². The molecule has 0 bridgehead atoms. The normalized spacial score (nSPS) is 19.9. The maximum Gasteiger partial charge on any atom is 0.272 e. The highest BCUT2D eigenvalue weighted by Crippen LogP contribution is 2.44. The number of carbonyl (C=O) groups is 2. The Kier molecular flexibility index (Phi) is 5.91. The van der Waals surface area contributed by atoms with Crippen LogP contribution in [0.15, 0.2) is 30.9 Å². The molecular weight excluding hydrogens is 463 g/mol. The van der Waals surface area contributed by atoms with Crippen LogP contribution in [0.2, 0.25) is 5.02 Å². The van der Waals surface area contributed by atoms with Crippen LogP contribution in [-0.2, 0) is 11.3 Å². The molecule has 5 rings (SSSR count). The average molecular weight is 487 g/mol. The first-order valence-electron chi connectivity index (χ1n) is 11.2. The summed E-state index contributed by atoms with van der Waals surface area (Å²) in [7, 11) is 0. The highest BCUT2D eigenvalue weighted by molar-refractivity contribution is 6.35. The number of carbonyl (C=O) groups excluding carboxylic acids is 2. The highest BCUT2D eigenvalue weighted by Gasteiger charge is 2.37. The topological polar surface area (TPSA) is 86.2 Å². The largest absolute Gasteiger partial charge is 0.507 e. The molecule has 3 aliphatic rings. The standard InChI is InChI=1S/C24H24ClFN4O4/c1-2-18(32)30-10-9-29-12-15-21(24(33)28-7-4-8-28)27-22(19-16(26)5-3-6-17(19)31)20(25)23(15)34-13-14(29)11-30/h2-3,5-6,14,31H,1,4,7-13H2/t14-/m1/s1. The average Bonchev–Trinajstić information content (AvgIpc) is 2.98. The van der Waals surface area contributed by atoms with E-state index in [1.54, 1.807) is 9.80 Å². The predicted octanol–water partition coefficient (Wildman–Crippen LogP) is 2.68. The molecule has 34 heavy (non-hydrogen) atoms. The summed E-state index contributed by atoms with van der Waals surface area (Å²) < 4.78 is 20.9. The third-order valence-corrected chi connectivity index (χ3v) is 6.99. The van der Waals surface area contributed by atoms with Crippen LogP contribution in [-0.4, -0.2) is 82.0 Å². The van der Waals surface area contributed by atoms with Crippen molar-refractivity contribution >= 4 is 23.4 Å². The Morgan fingerprint density at radius 1 is 1.24 bits per heavy atom. The third-order valence-electron chi connectivity index (χ3n) is 6.64. The van der Waals surface area contributed by atoms with Gasteiger partial charge in [-0.05, 0) is 24.6 Å². The number of ether oxygens (including phenoxy) is 1. The summed E-state index contributed by atoms with van der Waals surface area (Å²) in [6, 6.07) is 3.79. The molecule has 3 aliphatic heterocycles. The molecule has 10 heteroatoms. The zero-order chi connectivity index (χ0) is 24.0. The number of halogens is 2. The van der Waals surface area contributed by atoms with Gasteiger partial charge in [0, 0.05) is 44.8 Å². The van der Waals surface area contributed by atoms with Gasteiger partial charge in [-0.2, -0.15) is 0 Å². The first kappa shape index (κ1) is 22.6. The molecule has 0 spiro atoms. The number of likely N-dealkylation sites (tertiary alicyclic amines) is 1. The van der Waals surface area contributed by atoms with E-state index in [1.165, 1.54) is 24.3 Å². The van der Waals surface area contributed by atoms with E-state index in [0.29, 0.717) is 44.8 Å². The summed E-state index contributed by atoms with van der Waals surface area (Å²) in [5.41, 5.74) is 0.457. The van der Waals surface area contributed by atoms with Gasteiger partial charge in [0.25, 0.3) is 5.91 Å². The summed E-state index contributed by atoms with van der Waals surface area (Å²) in [5.74, 6) is -1.21. The van der Waals surface area contributed by atoms with Gasteiger partial charge < -0.3 is 19.6 Å². The fraction of sp³-hybridized carbons (Fsp3) is 0.375. The lowest BCUT2D eigenvalue weighted by Gasteiger charge is -2.39. The number of hydrogen-bond donors (Lipinski definition) is 1. The predicted molar refractivity (Wildman–Crippen MR) is 123 cm³/mol. The molecular formula is C24H24ClFN4O4. The van der Waals surface area contributed by atoms with Gasteiger partial charge in [0.15, 0.2) is 0 Å². The molecule has 0 radical (unpaired) electrons. The zero-order valence-corrected chi connectivity index (χ0v) is 19.2. The minimum Gasteiger partial charge on any atom is -0.507 e. The Bertz CT molecular complexity index is 1170. The molecule has 1 atom stereocenters. The van der Waals surface area contributed by atoms with Crippen LogP contribution < -0.4 is 4.74 Å². The number of piperazine rings is 1. The Labute approximate surface area is 201 Å². The Morgan fingerprint density at radius 2 is 2.03 bits per heavy atom. The molecule has 0 saturated carbocycles. The van der Waals surface area contributed by atoms with E-state index >= 15 is 0 Å². The number of aromatic nitrogens is 1. The molecule has 8 nitrogen and oxygen atoms in total. The minimum atomic E-state index is -0.707. The number of phenolic OH excluding ortho intramolecular Hbond substituents is 1. The van der Waals surface area contributed by atoms with Crippen molar-refractivity contribution in [2.75, 3.05) is 39.3 Å². The Balaban J connectivity index is 1.60. The summed E-state index contributed by atoms with van der Waals surface area (Å²) in [6.07, 6.45) is 2.19. The highest BCUT2D eigenvalue weighted by atomic mass is 35.5. The molecule has 1 aromatic heterocycles. The van der Waals surface area contributed by atoms with Crippen molar-refractivity contribution in [2.45, 2.75) is 19.0 Å².